The van der Waals surface area contributed by atoms with Gasteiger partial charge in [-0.1, -0.05) is 6.07 Å². The average molecular weight is 296 g/mol. The molecular formula is C14H14F2N2O3. The zero-order valence-electron chi connectivity index (χ0n) is 11.5. The first-order valence-corrected chi connectivity index (χ1v) is 6.07. The van der Waals surface area contributed by atoms with Crippen molar-refractivity contribution in [2.45, 2.75) is 13.5 Å². The van der Waals surface area contributed by atoms with Gasteiger partial charge in [-0.2, -0.15) is 14.0 Å². The molecular weight excluding hydrogens is 282 g/mol. The molecule has 0 unspecified atom stereocenters. The number of carbonyl (C=O) groups is 1. The molecule has 1 rings (SSSR count). The van der Waals surface area contributed by atoms with Crippen LogP contribution in [0.15, 0.2) is 23.8 Å². The zero-order chi connectivity index (χ0) is 15.8. The van der Waals surface area contributed by atoms with Gasteiger partial charge in [-0.3, -0.25) is 4.79 Å². The van der Waals surface area contributed by atoms with Gasteiger partial charge < -0.3 is 14.8 Å². The summed E-state index contributed by atoms with van der Waals surface area (Å²) >= 11 is 0. The van der Waals surface area contributed by atoms with Crippen LogP contribution >= 0.6 is 0 Å². The normalized spacial score (nSPS) is 11.0. The summed E-state index contributed by atoms with van der Waals surface area (Å²) < 4.78 is 34.1. The van der Waals surface area contributed by atoms with Gasteiger partial charge in [0, 0.05) is 7.05 Å². The number of likely N-dealkylation sites (N-methyl/N-ethyl adjacent to an activating group) is 1. The van der Waals surface area contributed by atoms with Crippen LogP contribution in [0.25, 0.3) is 6.08 Å². The summed E-state index contributed by atoms with van der Waals surface area (Å²) in [6, 6.07) is 5.91. The number of ether oxygens (including phenoxy) is 2. The minimum atomic E-state index is -2.97. The molecule has 0 radical (unpaired) electrons. The fourth-order valence-corrected chi connectivity index (χ4v) is 1.53. The lowest BCUT2D eigenvalue weighted by atomic mass is 10.1. The van der Waals surface area contributed by atoms with Gasteiger partial charge in [-0.05, 0) is 30.7 Å². The molecule has 0 aromatic heterocycles. The SMILES string of the molecule is CCOc1cc(C=C(C#N)C(=O)NC)ccc1OC(F)F. The highest BCUT2D eigenvalue weighted by atomic mass is 19.3. The van der Waals surface area contributed by atoms with Gasteiger partial charge in [-0.15, -0.1) is 0 Å². The summed E-state index contributed by atoms with van der Waals surface area (Å²) in [7, 11) is 1.40. The van der Waals surface area contributed by atoms with E-state index in [0.29, 0.717) is 5.56 Å². The van der Waals surface area contributed by atoms with E-state index in [2.05, 4.69) is 10.1 Å². The highest BCUT2D eigenvalue weighted by Gasteiger charge is 2.12. The van der Waals surface area contributed by atoms with Crippen LogP contribution in [0.3, 0.4) is 0 Å². The molecule has 0 atom stereocenters. The van der Waals surface area contributed by atoms with Crippen molar-refractivity contribution in [3.05, 3.63) is 29.3 Å². The van der Waals surface area contributed by atoms with Crippen LogP contribution in [-0.2, 0) is 4.79 Å². The summed E-state index contributed by atoms with van der Waals surface area (Å²) in [4.78, 5) is 11.4. The zero-order valence-corrected chi connectivity index (χ0v) is 11.5. The van der Waals surface area contributed by atoms with Gasteiger partial charge in [0.2, 0.25) is 0 Å². The minimum absolute atomic E-state index is 0.109. The molecule has 21 heavy (non-hydrogen) atoms. The van der Waals surface area contributed by atoms with E-state index in [4.69, 9.17) is 10.00 Å². The first-order valence-electron chi connectivity index (χ1n) is 6.07. The molecule has 1 amide bonds. The van der Waals surface area contributed by atoms with Crippen LogP contribution in [0.2, 0.25) is 0 Å². The maximum Gasteiger partial charge on any atom is 0.387 e. The molecule has 0 fully saturated rings. The maximum absolute atomic E-state index is 12.3. The van der Waals surface area contributed by atoms with E-state index >= 15 is 0 Å². The molecule has 0 aliphatic rings. The van der Waals surface area contributed by atoms with Gasteiger partial charge in [-0.25, -0.2) is 0 Å². The van der Waals surface area contributed by atoms with Crippen LogP contribution in [-0.4, -0.2) is 26.2 Å². The molecule has 112 valence electrons. The van der Waals surface area contributed by atoms with E-state index in [1.54, 1.807) is 13.0 Å². The summed E-state index contributed by atoms with van der Waals surface area (Å²) in [5.74, 6) is -0.536. The van der Waals surface area contributed by atoms with Crippen LogP contribution in [0.4, 0.5) is 8.78 Å². The summed E-state index contributed by atoms with van der Waals surface area (Å²) in [6.07, 6.45) is 1.33. The largest absolute Gasteiger partial charge is 0.490 e. The number of rotatable bonds is 6. The third-order valence-corrected chi connectivity index (χ3v) is 2.39. The van der Waals surface area contributed by atoms with Crippen molar-refractivity contribution in [1.29, 1.82) is 5.26 Å². The summed E-state index contributed by atoms with van der Waals surface area (Å²) in [6.45, 7) is -1.01. The molecule has 0 aliphatic heterocycles. The molecule has 1 aromatic rings. The number of alkyl halides is 2. The highest BCUT2D eigenvalue weighted by molar-refractivity contribution is 6.01. The van der Waals surface area contributed by atoms with Crippen molar-refractivity contribution in [3.63, 3.8) is 0 Å². The lowest BCUT2D eigenvalue weighted by Gasteiger charge is -2.11. The Kier molecular flexibility index (Phi) is 6.14. The van der Waals surface area contributed by atoms with Gasteiger partial charge in [0.15, 0.2) is 11.5 Å². The van der Waals surface area contributed by atoms with Crippen LogP contribution in [0.1, 0.15) is 12.5 Å². The number of hydrogen-bond acceptors (Lipinski definition) is 4. The molecule has 0 spiro atoms. The van der Waals surface area contributed by atoms with Crippen molar-refractivity contribution in [3.8, 4) is 17.6 Å². The van der Waals surface area contributed by atoms with Crippen LogP contribution in [0.5, 0.6) is 11.5 Å². The highest BCUT2D eigenvalue weighted by Crippen LogP contribution is 2.30. The van der Waals surface area contributed by atoms with Crippen molar-refractivity contribution in [2.24, 2.45) is 0 Å². The topological polar surface area (TPSA) is 71.3 Å². The molecule has 5 nitrogen and oxygen atoms in total. The number of nitriles is 1. The average Bonchev–Trinajstić information content (AvgIpc) is 2.46. The van der Waals surface area contributed by atoms with E-state index in [9.17, 15) is 13.6 Å². The Morgan fingerprint density at radius 2 is 2.19 bits per heavy atom. The van der Waals surface area contributed by atoms with E-state index in [-0.39, 0.29) is 23.7 Å². The van der Waals surface area contributed by atoms with Gasteiger partial charge in [0.05, 0.1) is 6.61 Å². The number of hydrogen-bond donors (Lipinski definition) is 1. The predicted octanol–water partition coefficient (Wildman–Crippen LogP) is 2.34. The number of amides is 1. The molecule has 1 N–H and O–H groups in total. The third-order valence-electron chi connectivity index (χ3n) is 2.39. The van der Waals surface area contributed by atoms with Crippen molar-refractivity contribution in [2.75, 3.05) is 13.7 Å². The third kappa shape index (κ3) is 4.76. The van der Waals surface area contributed by atoms with Gasteiger partial charge in [0.25, 0.3) is 5.91 Å². The quantitative estimate of drug-likeness (QED) is 0.646. The second kappa shape index (κ2) is 7.85. The number of nitrogens with one attached hydrogen (secondary N) is 1. The Hall–Kier alpha value is -2.62. The molecule has 0 saturated carbocycles. The van der Waals surface area contributed by atoms with Crippen molar-refractivity contribution in [1.82, 2.24) is 5.32 Å². The molecule has 7 heteroatoms. The van der Waals surface area contributed by atoms with Crippen LogP contribution in [0, 0.1) is 11.3 Å². The predicted molar refractivity (Wildman–Crippen MR) is 71.9 cm³/mol. The first-order chi connectivity index (χ1) is 10.0. The number of halogens is 2. The maximum atomic E-state index is 12.3. The Balaban J connectivity index is 3.16. The smallest absolute Gasteiger partial charge is 0.387 e. The van der Waals surface area contributed by atoms with E-state index in [1.165, 1.54) is 31.3 Å². The second-order valence-electron chi connectivity index (χ2n) is 3.77. The molecule has 1 aromatic carbocycles. The number of carbonyl (C=O) groups excluding carboxylic acids is 1. The van der Waals surface area contributed by atoms with Crippen molar-refractivity contribution >= 4 is 12.0 Å². The lowest BCUT2D eigenvalue weighted by Crippen LogP contribution is -2.19. The molecule has 0 heterocycles. The lowest BCUT2D eigenvalue weighted by molar-refractivity contribution is -0.116. The van der Waals surface area contributed by atoms with E-state index in [0.717, 1.165) is 0 Å². The van der Waals surface area contributed by atoms with Gasteiger partial charge >= 0.3 is 6.61 Å². The second-order valence-corrected chi connectivity index (χ2v) is 3.77. The van der Waals surface area contributed by atoms with E-state index in [1.807, 2.05) is 0 Å². The fraction of sp³-hybridized carbons (Fsp3) is 0.286. The van der Waals surface area contributed by atoms with Crippen LogP contribution < -0.4 is 14.8 Å². The summed E-state index contributed by atoms with van der Waals surface area (Å²) in [5.41, 5.74) is 0.350. The van der Waals surface area contributed by atoms with E-state index < -0.39 is 12.5 Å². The van der Waals surface area contributed by atoms with Crippen molar-refractivity contribution < 1.29 is 23.0 Å². The number of benzene rings is 1. The molecule has 0 bridgehead atoms. The Labute approximate surface area is 120 Å². The fourth-order valence-electron chi connectivity index (χ4n) is 1.53. The van der Waals surface area contributed by atoms with Gasteiger partial charge in [0.1, 0.15) is 11.6 Å². The molecule has 0 aliphatic carbocycles. The Morgan fingerprint density at radius 3 is 2.71 bits per heavy atom. The Bertz CT molecular complexity index is 580. The first kappa shape index (κ1) is 16.4. The minimum Gasteiger partial charge on any atom is -0.490 e. The Morgan fingerprint density at radius 1 is 1.48 bits per heavy atom. The number of nitrogens with zero attached hydrogens (tertiary/aromatic N) is 1. The summed E-state index contributed by atoms with van der Waals surface area (Å²) in [5, 5.41) is 11.2. The monoisotopic (exact) mass is 296 g/mol. The standard InChI is InChI=1S/C14H14F2N2O3/c1-3-20-12-7-9(4-5-11(12)21-14(15)16)6-10(8-17)13(19)18-2/h4-7,14H,3H2,1-2H3,(H,18,19). The molecule has 0 saturated heterocycles.